The highest BCUT2D eigenvalue weighted by atomic mass is 35.5. The van der Waals surface area contributed by atoms with Gasteiger partial charge < -0.3 is 14.9 Å². The predicted octanol–water partition coefficient (Wildman–Crippen LogP) is 3.91. The first-order valence-corrected chi connectivity index (χ1v) is 9.41. The largest absolute Gasteiger partial charge is 0.460 e. The monoisotopic (exact) mass is 388 g/mol. The number of carbonyl (C=O) groups is 1. The van der Waals surface area contributed by atoms with Crippen LogP contribution in [-0.4, -0.2) is 30.7 Å². The van der Waals surface area contributed by atoms with Crippen LogP contribution < -0.4 is 5.32 Å². The maximum Gasteiger partial charge on any atom is 0.323 e. The molecule has 0 saturated carbocycles. The molecule has 0 radical (unpaired) electrons. The molecule has 0 aromatic heterocycles. The van der Waals surface area contributed by atoms with E-state index in [1.54, 1.807) is 7.05 Å². The second-order valence-electron chi connectivity index (χ2n) is 6.02. The Kier molecular flexibility index (Phi) is 9.38. The number of nitrogens with zero attached hydrogens (tertiary/aromatic N) is 1. The number of hydrogen-bond donors (Lipinski definition) is 1. The van der Waals surface area contributed by atoms with Crippen molar-refractivity contribution in [2.24, 2.45) is 5.16 Å². The molecule has 1 atom stereocenters. The van der Waals surface area contributed by atoms with Gasteiger partial charge in [0.05, 0.1) is 11.6 Å². The summed E-state index contributed by atoms with van der Waals surface area (Å²) in [6.07, 6.45) is 1.08. The van der Waals surface area contributed by atoms with E-state index in [1.807, 2.05) is 60.7 Å². The molecule has 0 aliphatic heterocycles. The van der Waals surface area contributed by atoms with Gasteiger partial charge in [0.2, 0.25) is 0 Å². The van der Waals surface area contributed by atoms with Crippen LogP contribution in [0.15, 0.2) is 65.8 Å². The molecule has 6 heteroatoms. The Morgan fingerprint density at radius 2 is 1.63 bits per heavy atom. The van der Waals surface area contributed by atoms with E-state index in [2.05, 4.69) is 10.5 Å². The van der Waals surface area contributed by atoms with Gasteiger partial charge in [-0.1, -0.05) is 65.8 Å². The lowest BCUT2D eigenvalue weighted by Crippen LogP contribution is -2.36. The molecule has 1 N–H and O–H groups in total. The molecule has 0 heterocycles. The zero-order chi connectivity index (χ0) is 19.3. The lowest BCUT2D eigenvalue weighted by molar-refractivity contribution is -0.147. The molecular weight excluding hydrogens is 364 g/mol. The Labute approximate surface area is 165 Å². The Morgan fingerprint density at radius 3 is 2.19 bits per heavy atom. The van der Waals surface area contributed by atoms with E-state index in [9.17, 15) is 4.79 Å². The first kappa shape index (κ1) is 20.9. The van der Waals surface area contributed by atoms with Crippen molar-refractivity contribution in [1.82, 2.24) is 5.32 Å². The number of esters is 1. The molecule has 5 nitrogen and oxygen atoms in total. The van der Waals surface area contributed by atoms with Crippen molar-refractivity contribution in [3.8, 4) is 0 Å². The molecule has 2 aromatic rings. The third-order valence-corrected chi connectivity index (χ3v) is 4.31. The summed E-state index contributed by atoms with van der Waals surface area (Å²) in [6.45, 7) is 0.643. The van der Waals surface area contributed by atoms with Crippen LogP contribution in [-0.2, 0) is 27.6 Å². The standard InChI is InChI=1S/C21H25ClN2O3/c1-23-20(21(25)26-15-17-8-4-2-5-9-17)13-12-19(14-22)24-27-16-18-10-6-3-7-11-18/h2-11,20,23H,12-16H2,1H3/t20-/m0/s1. The van der Waals surface area contributed by atoms with Crippen LogP contribution in [0.5, 0.6) is 0 Å². The normalized spacial score (nSPS) is 12.4. The highest BCUT2D eigenvalue weighted by molar-refractivity contribution is 6.28. The fourth-order valence-corrected chi connectivity index (χ4v) is 2.61. The summed E-state index contributed by atoms with van der Waals surface area (Å²) < 4.78 is 5.38. The van der Waals surface area contributed by atoms with E-state index in [0.29, 0.717) is 25.2 Å². The van der Waals surface area contributed by atoms with Crippen molar-refractivity contribution in [1.29, 1.82) is 0 Å². The number of benzene rings is 2. The molecular formula is C21H25ClN2O3. The van der Waals surface area contributed by atoms with Gasteiger partial charge in [-0.3, -0.25) is 4.79 Å². The van der Waals surface area contributed by atoms with Crippen molar-refractivity contribution in [3.05, 3.63) is 71.8 Å². The summed E-state index contributed by atoms with van der Waals surface area (Å²) in [5.74, 6) is -0.0370. The first-order valence-electron chi connectivity index (χ1n) is 8.88. The van der Waals surface area contributed by atoms with Crippen molar-refractivity contribution < 1.29 is 14.4 Å². The molecule has 0 spiro atoms. The van der Waals surface area contributed by atoms with Gasteiger partial charge in [0.25, 0.3) is 0 Å². The number of nitrogens with one attached hydrogen (secondary N) is 1. The number of likely N-dealkylation sites (N-methyl/N-ethyl adjacent to an activating group) is 1. The summed E-state index contributed by atoms with van der Waals surface area (Å²) in [5, 5.41) is 7.09. The smallest absolute Gasteiger partial charge is 0.323 e. The van der Waals surface area contributed by atoms with Crippen LogP contribution in [0, 0.1) is 0 Å². The van der Waals surface area contributed by atoms with E-state index in [1.165, 1.54) is 0 Å². The van der Waals surface area contributed by atoms with Crippen molar-refractivity contribution in [2.45, 2.75) is 32.1 Å². The Morgan fingerprint density at radius 1 is 1.04 bits per heavy atom. The first-order chi connectivity index (χ1) is 13.2. The number of rotatable bonds is 11. The van der Waals surface area contributed by atoms with Gasteiger partial charge in [0, 0.05) is 0 Å². The minimum atomic E-state index is -0.420. The van der Waals surface area contributed by atoms with Gasteiger partial charge in [-0.2, -0.15) is 0 Å². The Balaban J connectivity index is 1.77. The predicted molar refractivity (Wildman–Crippen MR) is 108 cm³/mol. The molecule has 2 aromatic carbocycles. The van der Waals surface area contributed by atoms with E-state index in [-0.39, 0.29) is 18.5 Å². The number of ether oxygens (including phenoxy) is 1. The second-order valence-corrected chi connectivity index (χ2v) is 6.29. The molecule has 0 bridgehead atoms. The van der Waals surface area contributed by atoms with Gasteiger partial charge in [-0.15, -0.1) is 11.6 Å². The minimum Gasteiger partial charge on any atom is -0.460 e. The number of hydrogen-bond acceptors (Lipinski definition) is 5. The highest BCUT2D eigenvalue weighted by Crippen LogP contribution is 2.08. The fourth-order valence-electron chi connectivity index (χ4n) is 2.43. The quantitative estimate of drug-likeness (QED) is 0.274. The average Bonchev–Trinajstić information content (AvgIpc) is 2.72. The third kappa shape index (κ3) is 7.81. The van der Waals surface area contributed by atoms with Gasteiger partial charge in [-0.05, 0) is 31.0 Å². The van der Waals surface area contributed by atoms with Gasteiger partial charge in [0.15, 0.2) is 0 Å². The minimum absolute atomic E-state index is 0.254. The molecule has 27 heavy (non-hydrogen) atoms. The molecule has 2 rings (SSSR count). The topological polar surface area (TPSA) is 59.9 Å². The van der Waals surface area contributed by atoms with Crippen LogP contribution >= 0.6 is 11.6 Å². The van der Waals surface area contributed by atoms with Crippen LogP contribution in [0.3, 0.4) is 0 Å². The maximum absolute atomic E-state index is 12.3. The fraction of sp³-hybridized carbons (Fsp3) is 0.333. The van der Waals surface area contributed by atoms with Crippen LogP contribution in [0.4, 0.5) is 0 Å². The molecule has 144 valence electrons. The lowest BCUT2D eigenvalue weighted by Gasteiger charge is -2.15. The number of carbonyl (C=O) groups excluding carboxylic acids is 1. The van der Waals surface area contributed by atoms with E-state index in [0.717, 1.165) is 11.1 Å². The summed E-state index contributed by atoms with van der Waals surface area (Å²) >= 11 is 5.95. The Bertz CT molecular complexity index is 708. The van der Waals surface area contributed by atoms with Crippen molar-refractivity contribution in [2.75, 3.05) is 12.9 Å². The SMILES string of the molecule is CN[C@@H](CCC(CCl)=NOCc1ccccc1)C(=O)OCc1ccccc1. The van der Waals surface area contributed by atoms with Gasteiger partial charge >= 0.3 is 5.97 Å². The van der Waals surface area contributed by atoms with E-state index < -0.39 is 6.04 Å². The van der Waals surface area contributed by atoms with Crippen LogP contribution in [0.1, 0.15) is 24.0 Å². The number of oxime groups is 1. The van der Waals surface area contributed by atoms with Crippen molar-refractivity contribution >= 4 is 23.3 Å². The number of halogens is 1. The number of alkyl halides is 1. The zero-order valence-corrected chi connectivity index (χ0v) is 16.2. The summed E-state index contributed by atoms with van der Waals surface area (Å²) in [4.78, 5) is 17.6. The zero-order valence-electron chi connectivity index (χ0n) is 15.4. The summed E-state index contributed by atoms with van der Waals surface area (Å²) in [6, 6.07) is 19.0. The summed E-state index contributed by atoms with van der Waals surface area (Å²) in [7, 11) is 1.73. The molecule has 0 amide bonds. The van der Waals surface area contributed by atoms with Crippen molar-refractivity contribution in [3.63, 3.8) is 0 Å². The molecule has 0 aliphatic rings. The average molecular weight is 389 g/mol. The van der Waals surface area contributed by atoms with E-state index >= 15 is 0 Å². The van der Waals surface area contributed by atoms with E-state index in [4.69, 9.17) is 21.2 Å². The lowest BCUT2D eigenvalue weighted by atomic mass is 10.1. The molecule has 0 aliphatic carbocycles. The molecule has 0 saturated heterocycles. The highest BCUT2D eigenvalue weighted by Gasteiger charge is 2.18. The maximum atomic E-state index is 12.3. The molecule has 0 fully saturated rings. The summed E-state index contributed by atoms with van der Waals surface area (Å²) in [5.41, 5.74) is 2.69. The molecule has 0 unspecified atom stereocenters. The van der Waals surface area contributed by atoms with Gasteiger partial charge in [-0.25, -0.2) is 0 Å². The Hall–Kier alpha value is -2.37. The van der Waals surface area contributed by atoms with Crippen LogP contribution in [0.25, 0.3) is 0 Å². The van der Waals surface area contributed by atoms with Crippen LogP contribution in [0.2, 0.25) is 0 Å². The van der Waals surface area contributed by atoms with Gasteiger partial charge in [0.1, 0.15) is 19.3 Å². The second kappa shape index (κ2) is 12.1. The third-order valence-electron chi connectivity index (χ3n) is 4.00.